The maximum Gasteiger partial charge on any atom is 0.403 e. The van der Waals surface area contributed by atoms with Crippen molar-refractivity contribution in [1.29, 1.82) is 0 Å². The van der Waals surface area contributed by atoms with Gasteiger partial charge in [-0.1, -0.05) is 33.1 Å². The van der Waals surface area contributed by atoms with Gasteiger partial charge in [0.05, 0.1) is 6.61 Å². The highest BCUT2D eigenvalue weighted by Gasteiger charge is 2.01. The second kappa shape index (κ2) is 13.7. The van der Waals surface area contributed by atoms with Crippen molar-refractivity contribution in [3.05, 3.63) is 0 Å². The van der Waals surface area contributed by atoms with Crippen molar-refractivity contribution < 1.29 is 14.6 Å². The van der Waals surface area contributed by atoms with Gasteiger partial charge < -0.3 is 9.84 Å². The Morgan fingerprint density at radius 3 is 2.20 bits per heavy atom. The maximum atomic E-state index is 9.59. The van der Waals surface area contributed by atoms with Crippen LogP contribution in [0.4, 0.5) is 4.79 Å². The lowest BCUT2D eigenvalue weighted by Crippen LogP contribution is -2.03. The van der Waals surface area contributed by atoms with Gasteiger partial charge in [0, 0.05) is 18.2 Å². The maximum absolute atomic E-state index is 9.59. The molecule has 1 atom stereocenters. The molecule has 0 saturated carbocycles. The summed E-state index contributed by atoms with van der Waals surface area (Å²) in [5.74, 6) is 0.560. The van der Waals surface area contributed by atoms with Crippen LogP contribution in [0.15, 0.2) is 0 Å². The van der Waals surface area contributed by atoms with Crippen LogP contribution in [0.1, 0.15) is 46.5 Å². The molecule has 4 heteroatoms. The fraction of sp³-hybridized carbons (Fsp3) is 0.909. The van der Waals surface area contributed by atoms with E-state index in [9.17, 15) is 4.79 Å². The van der Waals surface area contributed by atoms with Crippen LogP contribution in [-0.2, 0) is 4.74 Å². The van der Waals surface area contributed by atoms with Crippen LogP contribution in [0.2, 0.25) is 0 Å². The van der Waals surface area contributed by atoms with Crippen molar-refractivity contribution in [2.45, 2.75) is 46.5 Å². The van der Waals surface area contributed by atoms with Crippen molar-refractivity contribution in [3.8, 4) is 0 Å². The van der Waals surface area contributed by atoms with Gasteiger partial charge in [0.1, 0.15) is 0 Å². The summed E-state index contributed by atoms with van der Waals surface area (Å²) in [5.41, 5.74) is -0.738. The van der Waals surface area contributed by atoms with Gasteiger partial charge >= 0.3 is 5.43 Å². The molecule has 92 valence electrons. The van der Waals surface area contributed by atoms with E-state index in [1.807, 2.05) is 0 Å². The third kappa shape index (κ3) is 16.4. The van der Waals surface area contributed by atoms with Crippen LogP contribution in [-0.4, -0.2) is 23.7 Å². The van der Waals surface area contributed by atoms with E-state index in [2.05, 4.69) is 18.6 Å². The molecule has 3 nitrogen and oxygen atoms in total. The lowest BCUT2D eigenvalue weighted by Gasteiger charge is -2.08. The third-order valence-electron chi connectivity index (χ3n) is 2.06. The fourth-order valence-electron chi connectivity index (χ4n) is 1.03. The summed E-state index contributed by atoms with van der Waals surface area (Å²) in [7, 11) is 0. The van der Waals surface area contributed by atoms with E-state index in [4.69, 9.17) is 16.7 Å². The van der Waals surface area contributed by atoms with Gasteiger partial charge in [-0.25, -0.2) is 4.79 Å². The van der Waals surface area contributed by atoms with E-state index in [0.717, 1.165) is 6.42 Å². The molecule has 0 heterocycles. The number of rotatable bonds is 6. The molecule has 0 aliphatic rings. The number of aliphatic hydroxyl groups excluding tert-OH is 1. The average Bonchev–Trinajstić information content (AvgIpc) is 2.20. The second-order valence-corrected chi connectivity index (χ2v) is 3.58. The number of ether oxygens (including phenoxy) is 1. The quantitative estimate of drug-likeness (QED) is 0.720. The summed E-state index contributed by atoms with van der Waals surface area (Å²) in [4.78, 5) is 9.59. The van der Waals surface area contributed by atoms with Crippen molar-refractivity contribution in [2.75, 3.05) is 13.2 Å². The molecule has 0 aliphatic carbocycles. The Kier molecular flexibility index (Phi) is 15.7. The SMILES string of the molecule is CCCCC(CC)CO.CCOC(=O)Cl. The lowest BCUT2D eigenvalue weighted by atomic mass is 10.0. The molecule has 0 fully saturated rings. The minimum absolute atomic E-state index is 0.350. The summed E-state index contributed by atoms with van der Waals surface area (Å²) in [6.07, 6.45) is 4.83. The standard InChI is InChI=1S/C8H18O.C3H5ClO2/c1-3-5-6-8(4-2)7-9;1-2-6-3(4)5/h8-9H,3-7H2,1-2H3;2H2,1H3. The first-order valence-corrected chi connectivity index (χ1v) is 5.93. The molecule has 1 unspecified atom stereocenters. The van der Waals surface area contributed by atoms with Crippen molar-refractivity contribution in [1.82, 2.24) is 0 Å². The van der Waals surface area contributed by atoms with Crippen LogP contribution in [0.25, 0.3) is 0 Å². The third-order valence-corrected chi connectivity index (χ3v) is 2.17. The molecule has 0 aromatic rings. The molecule has 0 saturated heterocycles. The monoisotopic (exact) mass is 238 g/mol. The largest absolute Gasteiger partial charge is 0.454 e. The lowest BCUT2D eigenvalue weighted by molar-refractivity contribution is 0.180. The van der Waals surface area contributed by atoms with Gasteiger partial charge in [-0.2, -0.15) is 0 Å². The molecule has 0 aromatic carbocycles. The minimum atomic E-state index is -0.738. The highest BCUT2D eigenvalue weighted by molar-refractivity contribution is 6.61. The van der Waals surface area contributed by atoms with Gasteiger partial charge in [0.15, 0.2) is 0 Å². The molecule has 0 aromatic heterocycles. The van der Waals surface area contributed by atoms with E-state index in [0.29, 0.717) is 19.1 Å². The van der Waals surface area contributed by atoms with Crippen LogP contribution < -0.4 is 0 Å². The first-order chi connectivity index (χ1) is 7.12. The first kappa shape index (κ1) is 17.1. The van der Waals surface area contributed by atoms with Gasteiger partial charge in [0.25, 0.3) is 0 Å². The summed E-state index contributed by atoms with van der Waals surface area (Å²) in [6.45, 7) is 6.74. The van der Waals surface area contributed by atoms with Crippen LogP contribution >= 0.6 is 11.6 Å². The van der Waals surface area contributed by atoms with E-state index >= 15 is 0 Å². The molecule has 15 heavy (non-hydrogen) atoms. The fourth-order valence-corrected chi connectivity index (χ4v) is 1.14. The number of hydrogen-bond donors (Lipinski definition) is 1. The van der Waals surface area contributed by atoms with E-state index in [1.54, 1.807) is 6.92 Å². The van der Waals surface area contributed by atoms with Crippen molar-refractivity contribution >= 4 is 17.0 Å². The summed E-state index contributed by atoms with van der Waals surface area (Å²) in [6, 6.07) is 0. The Morgan fingerprint density at radius 2 is 2.00 bits per heavy atom. The molecular formula is C11H23ClO3. The van der Waals surface area contributed by atoms with E-state index in [1.165, 1.54) is 19.3 Å². The average molecular weight is 239 g/mol. The Balaban J connectivity index is 0. The van der Waals surface area contributed by atoms with Gasteiger partial charge in [-0.3, -0.25) is 0 Å². The summed E-state index contributed by atoms with van der Waals surface area (Å²) < 4.78 is 4.17. The zero-order valence-corrected chi connectivity index (χ0v) is 10.7. The predicted molar refractivity (Wildman–Crippen MR) is 63.3 cm³/mol. The van der Waals surface area contributed by atoms with E-state index in [-0.39, 0.29) is 0 Å². The normalized spacial score (nSPS) is 11.3. The number of unbranched alkanes of at least 4 members (excludes halogenated alkanes) is 1. The van der Waals surface area contributed by atoms with E-state index < -0.39 is 5.43 Å². The van der Waals surface area contributed by atoms with Gasteiger partial charge in [-0.05, 0) is 19.3 Å². The smallest absolute Gasteiger partial charge is 0.403 e. The number of hydrogen-bond acceptors (Lipinski definition) is 3. The number of halogens is 1. The van der Waals surface area contributed by atoms with Crippen LogP contribution in [0.5, 0.6) is 0 Å². The summed E-state index contributed by atoms with van der Waals surface area (Å²) in [5, 5.41) is 8.75. The van der Waals surface area contributed by atoms with Crippen LogP contribution in [0.3, 0.4) is 0 Å². The van der Waals surface area contributed by atoms with Crippen LogP contribution in [0, 0.1) is 5.92 Å². The molecule has 0 aliphatic heterocycles. The zero-order chi connectivity index (χ0) is 12.1. The highest BCUT2D eigenvalue weighted by Crippen LogP contribution is 2.10. The molecule has 0 radical (unpaired) electrons. The topological polar surface area (TPSA) is 46.5 Å². The summed E-state index contributed by atoms with van der Waals surface area (Å²) >= 11 is 4.72. The number of carbonyl (C=O) groups excluding carboxylic acids is 1. The predicted octanol–water partition coefficient (Wildman–Crippen LogP) is 3.58. The highest BCUT2D eigenvalue weighted by atomic mass is 35.5. The minimum Gasteiger partial charge on any atom is -0.454 e. The molecule has 0 rings (SSSR count). The molecule has 1 N–H and O–H groups in total. The number of carbonyl (C=O) groups is 1. The van der Waals surface area contributed by atoms with Crippen molar-refractivity contribution in [3.63, 3.8) is 0 Å². The van der Waals surface area contributed by atoms with Gasteiger partial charge in [-0.15, -0.1) is 0 Å². The Bertz CT molecular complexity index is 136. The number of aliphatic hydroxyl groups is 1. The molecule has 0 bridgehead atoms. The second-order valence-electron chi connectivity index (χ2n) is 3.27. The molecule has 0 spiro atoms. The Labute approximate surface area is 97.8 Å². The van der Waals surface area contributed by atoms with Crippen molar-refractivity contribution in [2.24, 2.45) is 5.92 Å². The Morgan fingerprint density at radius 1 is 1.40 bits per heavy atom. The Hall–Kier alpha value is -0.280. The first-order valence-electron chi connectivity index (χ1n) is 5.55. The zero-order valence-electron chi connectivity index (χ0n) is 9.96. The van der Waals surface area contributed by atoms with Gasteiger partial charge in [0.2, 0.25) is 0 Å². The molecular weight excluding hydrogens is 216 g/mol. The molecule has 0 amide bonds.